The highest BCUT2D eigenvalue weighted by molar-refractivity contribution is 6.17. The molecule has 0 fully saturated rings. The first-order valence-corrected chi connectivity index (χ1v) is 5.06. The molecule has 0 saturated carbocycles. The molecule has 0 aliphatic heterocycles. The van der Waals surface area contributed by atoms with E-state index in [-0.39, 0.29) is 0 Å². The second-order valence-corrected chi connectivity index (χ2v) is 3.75. The van der Waals surface area contributed by atoms with Crippen molar-refractivity contribution < 1.29 is 0 Å². The molecule has 0 saturated heterocycles. The maximum atomic E-state index is 5.76. The van der Waals surface area contributed by atoms with Gasteiger partial charge in [-0.3, -0.25) is 0 Å². The van der Waals surface area contributed by atoms with Crippen molar-refractivity contribution in [1.82, 2.24) is 4.90 Å². The van der Waals surface area contributed by atoms with E-state index in [2.05, 4.69) is 43.3 Å². The molecular weight excluding hydrogens is 182 g/mol. The summed E-state index contributed by atoms with van der Waals surface area (Å²) in [6, 6.07) is 10.9. The van der Waals surface area contributed by atoms with Gasteiger partial charge in [-0.15, -0.1) is 11.6 Å². The summed E-state index contributed by atoms with van der Waals surface area (Å²) in [6.07, 6.45) is 0.999. The van der Waals surface area contributed by atoms with E-state index in [9.17, 15) is 0 Å². The van der Waals surface area contributed by atoms with Crippen LogP contribution in [0.25, 0.3) is 0 Å². The number of halogens is 1. The van der Waals surface area contributed by atoms with E-state index < -0.39 is 0 Å². The minimum atomic E-state index is 0.443. The predicted octanol–water partition coefficient (Wildman–Crippen LogP) is 2.92. The fourth-order valence-electron chi connectivity index (χ4n) is 1.50. The van der Waals surface area contributed by atoms with Crippen molar-refractivity contribution >= 4 is 11.6 Å². The topological polar surface area (TPSA) is 3.24 Å². The number of rotatable bonds is 4. The van der Waals surface area contributed by atoms with E-state index in [0.717, 1.165) is 6.42 Å². The summed E-state index contributed by atoms with van der Waals surface area (Å²) in [6.45, 7) is 0. The zero-order valence-corrected chi connectivity index (χ0v) is 8.96. The molecule has 0 aliphatic rings. The Balaban J connectivity index is 2.76. The summed E-state index contributed by atoms with van der Waals surface area (Å²) >= 11 is 5.76. The molecule has 1 nitrogen and oxygen atoms in total. The lowest BCUT2D eigenvalue weighted by Crippen LogP contribution is -2.20. The van der Waals surface area contributed by atoms with Gasteiger partial charge in [0.15, 0.2) is 0 Å². The molecule has 0 N–H and O–H groups in total. The lowest BCUT2D eigenvalue weighted by molar-refractivity contribution is 0.293. The van der Waals surface area contributed by atoms with E-state index in [1.165, 1.54) is 5.56 Å². The molecule has 13 heavy (non-hydrogen) atoms. The van der Waals surface area contributed by atoms with Crippen LogP contribution in [0.1, 0.15) is 18.0 Å². The van der Waals surface area contributed by atoms with Crippen LogP contribution in [0.15, 0.2) is 30.3 Å². The Kier molecular flexibility index (Phi) is 4.26. The van der Waals surface area contributed by atoms with Gasteiger partial charge in [-0.1, -0.05) is 30.3 Å². The van der Waals surface area contributed by atoms with Gasteiger partial charge in [0.05, 0.1) is 0 Å². The fourth-order valence-corrected chi connectivity index (χ4v) is 1.71. The highest BCUT2D eigenvalue weighted by Gasteiger charge is 2.11. The van der Waals surface area contributed by atoms with Gasteiger partial charge in [-0.25, -0.2) is 0 Å². The number of alkyl halides is 1. The van der Waals surface area contributed by atoms with E-state index in [4.69, 9.17) is 11.6 Å². The first-order chi connectivity index (χ1) is 6.25. The zero-order valence-electron chi connectivity index (χ0n) is 8.20. The number of benzene rings is 1. The van der Waals surface area contributed by atoms with Gasteiger partial charge >= 0.3 is 0 Å². The van der Waals surface area contributed by atoms with Gasteiger partial charge < -0.3 is 4.90 Å². The van der Waals surface area contributed by atoms with Crippen LogP contribution in [-0.4, -0.2) is 24.9 Å². The Hall–Kier alpha value is -0.530. The highest BCUT2D eigenvalue weighted by atomic mass is 35.5. The van der Waals surface area contributed by atoms with Gasteiger partial charge in [-0.2, -0.15) is 0 Å². The minimum Gasteiger partial charge on any atom is -0.302 e. The largest absolute Gasteiger partial charge is 0.302 e. The van der Waals surface area contributed by atoms with Crippen molar-refractivity contribution in [2.24, 2.45) is 0 Å². The van der Waals surface area contributed by atoms with Gasteiger partial charge in [0.2, 0.25) is 0 Å². The molecule has 2 heteroatoms. The van der Waals surface area contributed by atoms with Crippen molar-refractivity contribution in [3.63, 3.8) is 0 Å². The quantitative estimate of drug-likeness (QED) is 0.671. The zero-order chi connectivity index (χ0) is 9.68. The Bertz CT molecular complexity index is 233. The molecule has 0 heterocycles. The van der Waals surface area contributed by atoms with Crippen LogP contribution in [0.4, 0.5) is 0 Å². The van der Waals surface area contributed by atoms with Gasteiger partial charge in [-0.05, 0) is 26.1 Å². The fraction of sp³-hybridized carbons (Fsp3) is 0.455. The Morgan fingerprint density at radius 1 is 1.23 bits per heavy atom. The number of hydrogen-bond acceptors (Lipinski definition) is 1. The molecule has 0 bridgehead atoms. The van der Waals surface area contributed by atoms with E-state index in [1.807, 2.05) is 6.07 Å². The third-order valence-electron chi connectivity index (χ3n) is 2.19. The van der Waals surface area contributed by atoms with Crippen LogP contribution in [-0.2, 0) is 0 Å². The molecule has 0 unspecified atom stereocenters. The van der Waals surface area contributed by atoms with Crippen molar-refractivity contribution in [1.29, 1.82) is 0 Å². The third kappa shape index (κ3) is 3.02. The summed E-state index contributed by atoms with van der Waals surface area (Å²) in [5.74, 6) is 0.706. The summed E-state index contributed by atoms with van der Waals surface area (Å²) in [7, 11) is 4.18. The third-order valence-corrected chi connectivity index (χ3v) is 2.41. The van der Waals surface area contributed by atoms with Crippen LogP contribution in [0, 0.1) is 0 Å². The maximum Gasteiger partial charge on any atom is 0.0353 e. The van der Waals surface area contributed by atoms with E-state index in [1.54, 1.807) is 0 Å². The van der Waals surface area contributed by atoms with Crippen molar-refractivity contribution in [2.45, 2.75) is 12.5 Å². The van der Waals surface area contributed by atoms with Crippen molar-refractivity contribution in [2.75, 3.05) is 20.0 Å². The highest BCUT2D eigenvalue weighted by Crippen LogP contribution is 2.21. The van der Waals surface area contributed by atoms with Gasteiger partial charge in [0.1, 0.15) is 0 Å². The molecule has 72 valence electrons. The smallest absolute Gasteiger partial charge is 0.0353 e. The summed E-state index contributed by atoms with van der Waals surface area (Å²) in [5, 5.41) is 0. The first-order valence-electron chi connectivity index (χ1n) is 4.53. The number of nitrogens with zero attached hydrogens (tertiary/aromatic N) is 1. The lowest BCUT2D eigenvalue weighted by Gasteiger charge is -2.23. The normalized spacial score (nSPS) is 13.2. The summed E-state index contributed by atoms with van der Waals surface area (Å²) < 4.78 is 0. The standard InChI is InChI=1S/C11H16ClN/c1-13(2)11(8-9-12)10-6-4-3-5-7-10/h3-7,11H,8-9H2,1-2H3/t11-/m0/s1. The van der Waals surface area contributed by atoms with Crippen LogP contribution in [0.3, 0.4) is 0 Å². The van der Waals surface area contributed by atoms with Gasteiger partial charge in [0, 0.05) is 11.9 Å². The maximum absolute atomic E-state index is 5.76. The molecule has 1 aromatic rings. The molecule has 0 spiro atoms. The Labute approximate surface area is 85.3 Å². The number of hydrogen-bond donors (Lipinski definition) is 0. The Morgan fingerprint density at radius 3 is 2.31 bits per heavy atom. The van der Waals surface area contributed by atoms with E-state index >= 15 is 0 Å². The Morgan fingerprint density at radius 2 is 1.85 bits per heavy atom. The summed E-state index contributed by atoms with van der Waals surface area (Å²) in [5.41, 5.74) is 1.34. The second kappa shape index (κ2) is 5.25. The molecule has 0 aromatic heterocycles. The SMILES string of the molecule is CN(C)[C@@H](CCCl)c1ccccc1. The van der Waals surface area contributed by atoms with E-state index in [0.29, 0.717) is 11.9 Å². The molecule has 0 aliphatic carbocycles. The van der Waals surface area contributed by atoms with Crippen LogP contribution < -0.4 is 0 Å². The first kappa shape index (κ1) is 10.6. The molecular formula is C11H16ClN. The average Bonchev–Trinajstić information content (AvgIpc) is 2.15. The minimum absolute atomic E-state index is 0.443. The van der Waals surface area contributed by atoms with Gasteiger partial charge in [0.25, 0.3) is 0 Å². The van der Waals surface area contributed by atoms with Crippen LogP contribution >= 0.6 is 11.6 Å². The monoisotopic (exact) mass is 197 g/mol. The molecule has 1 rings (SSSR count). The van der Waals surface area contributed by atoms with Crippen LogP contribution in [0.2, 0.25) is 0 Å². The van der Waals surface area contributed by atoms with Crippen molar-refractivity contribution in [3.05, 3.63) is 35.9 Å². The molecule has 1 aromatic carbocycles. The second-order valence-electron chi connectivity index (χ2n) is 3.37. The molecule has 1 atom stereocenters. The predicted molar refractivity (Wildman–Crippen MR) is 58.2 cm³/mol. The van der Waals surface area contributed by atoms with Crippen molar-refractivity contribution in [3.8, 4) is 0 Å². The lowest BCUT2D eigenvalue weighted by atomic mass is 10.0. The summed E-state index contributed by atoms with van der Waals surface area (Å²) in [4.78, 5) is 2.21. The molecule has 0 radical (unpaired) electrons. The average molecular weight is 198 g/mol. The molecule has 0 amide bonds. The van der Waals surface area contributed by atoms with Crippen LogP contribution in [0.5, 0.6) is 0 Å².